The lowest BCUT2D eigenvalue weighted by molar-refractivity contribution is -0.151. The lowest BCUT2D eigenvalue weighted by Crippen LogP contribution is -2.47. The van der Waals surface area contributed by atoms with Crippen LogP contribution in [-0.4, -0.2) is 69.9 Å². The Kier molecular flexibility index (Phi) is 11.1. The van der Waals surface area contributed by atoms with Crippen molar-refractivity contribution < 1.29 is 68.1 Å². The number of carboxylic acid groups (broad SMARTS) is 1. The highest BCUT2D eigenvalue weighted by molar-refractivity contribution is 6.06. The minimum absolute atomic E-state index is 0.00804. The van der Waals surface area contributed by atoms with Crippen LogP contribution in [0.1, 0.15) is 83.9 Å². The molecule has 0 aliphatic heterocycles. The molecule has 3 aromatic rings. The summed E-state index contributed by atoms with van der Waals surface area (Å²) in [6, 6.07) is 2.59. The Morgan fingerprint density at radius 3 is 1.79 bits per heavy atom. The van der Waals surface area contributed by atoms with Crippen molar-refractivity contribution in [3.63, 3.8) is 0 Å². The van der Waals surface area contributed by atoms with E-state index in [4.69, 9.17) is 23.7 Å². The minimum Gasteiger partial charge on any atom is -0.507 e. The SMILES string of the molecule is CCc1c(O)c(C(=O)Oc2cc(C)c(C(=O)Oc3cc(OC)c(C(=O)O)c(C)c3C)c(O)c2C)c(C)c(C)c1OC(=O)[C@@]1(O)C(C)=CC(=O)C=C1OC. The van der Waals surface area contributed by atoms with Crippen LogP contribution in [0.2, 0.25) is 0 Å². The number of carbonyl (C=O) groups is 5. The van der Waals surface area contributed by atoms with Crippen molar-refractivity contribution in [2.75, 3.05) is 14.2 Å². The predicted octanol–water partition coefficient (Wildman–Crippen LogP) is 5.35. The van der Waals surface area contributed by atoms with Crippen LogP contribution in [0.3, 0.4) is 0 Å². The van der Waals surface area contributed by atoms with Crippen molar-refractivity contribution in [3.05, 3.63) is 91.3 Å². The van der Waals surface area contributed by atoms with Gasteiger partial charge in [-0.3, -0.25) is 4.79 Å². The van der Waals surface area contributed by atoms with Gasteiger partial charge in [-0.1, -0.05) is 6.92 Å². The molecule has 1 aliphatic rings. The van der Waals surface area contributed by atoms with Gasteiger partial charge in [-0.2, -0.15) is 0 Å². The highest BCUT2D eigenvalue weighted by Gasteiger charge is 2.48. The second-order valence-electron chi connectivity index (χ2n) is 12.5. The summed E-state index contributed by atoms with van der Waals surface area (Å²) in [4.78, 5) is 64.3. The summed E-state index contributed by atoms with van der Waals surface area (Å²) < 4.78 is 27.2. The maximum atomic E-state index is 13.7. The minimum atomic E-state index is -2.44. The first-order valence-electron chi connectivity index (χ1n) is 16.2. The number of carbonyl (C=O) groups excluding carboxylic acids is 4. The van der Waals surface area contributed by atoms with Gasteiger partial charge in [-0.15, -0.1) is 0 Å². The number of methoxy groups -OCH3 is 2. The number of allylic oxidation sites excluding steroid dienone is 2. The zero-order valence-electron chi connectivity index (χ0n) is 30.9. The van der Waals surface area contributed by atoms with Gasteiger partial charge in [0.1, 0.15) is 56.9 Å². The number of aromatic carboxylic acids is 1. The topological polar surface area (TPSA) is 212 Å². The van der Waals surface area contributed by atoms with Crippen LogP contribution in [0.15, 0.2) is 35.6 Å². The number of aromatic hydroxyl groups is 2. The van der Waals surface area contributed by atoms with Gasteiger partial charge in [0.15, 0.2) is 5.78 Å². The molecule has 1 atom stereocenters. The molecule has 3 aromatic carbocycles. The average molecular weight is 733 g/mol. The molecular weight excluding hydrogens is 692 g/mol. The van der Waals surface area contributed by atoms with Crippen LogP contribution < -0.4 is 18.9 Å². The lowest BCUT2D eigenvalue weighted by atomic mass is 9.87. The first-order valence-corrected chi connectivity index (χ1v) is 16.2. The van der Waals surface area contributed by atoms with Gasteiger partial charge >= 0.3 is 23.9 Å². The number of phenols is 2. The van der Waals surface area contributed by atoms with E-state index >= 15 is 0 Å². The standard InChI is InChI=1S/C39H40O14/c1-11-24-33(42)31(20(6)21(7)34(24)53-38(47)39(48)17(3)13-23(40)14-28(39)50-10)37(46)51-25-12-16(2)29(32(41)22(25)8)36(45)52-26-15-27(49-9)30(35(43)44)19(5)18(26)4/h12-15,41-42,48H,11H2,1-10H3,(H,43,44)/t39-/m1/s1. The third-order valence-corrected chi connectivity index (χ3v) is 9.46. The third-order valence-electron chi connectivity index (χ3n) is 9.46. The molecule has 14 heteroatoms. The normalized spacial score (nSPS) is 15.3. The van der Waals surface area contributed by atoms with Crippen LogP contribution in [0.4, 0.5) is 0 Å². The Hall–Kier alpha value is -6.15. The monoisotopic (exact) mass is 732 g/mol. The van der Waals surface area contributed by atoms with Crippen molar-refractivity contribution in [1.29, 1.82) is 0 Å². The highest BCUT2D eigenvalue weighted by atomic mass is 16.6. The van der Waals surface area contributed by atoms with Crippen LogP contribution in [0.25, 0.3) is 0 Å². The van der Waals surface area contributed by atoms with E-state index in [9.17, 15) is 44.4 Å². The molecule has 0 fully saturated rings. The number of esters is 3. The molecule has 0 bridgehead atoms. The molecule has 0 spiro atoms. The summed E-state index contributed by atoms with van der Waals surface area (Å²) in [6.07, 6.45) is 2.09. The van der Waals surface area contributed by atoms with Gasteiger partial charge in [0.2, 0.25) is 5.60 Å². The Balaban J connectivity index is 1.68. The second kappa shape index (κ2) is 14.8. The molecule has 0 radical (unpaired) electrons. The van der Waals surface area contributed by atoms with E-state index in [1.54, 1.807) is 20.8 Å². The smallest absolute Gasteiger partial charge is 0.356 e. The first kappa shape index (κ1) is 39.6. The molecule has 4 rings (SSSR count). The van der Waals surface area contributed by atoms with Gasteiger partial charge in [-0.05, 0) is 100 Å². The number of rotatable bonds is 10. The fourth-order valence-electron chi connectivity index (χ4n) is 6.08. The number of hydrogen-bond donors (Lipinski definition) is 4. The third kappa shape index (κ3) is 6.80. The van der Waals surface area contributed by atoms with E-state index in [2.05, 4.69) is 0 Å². The molecule has 0 heterocycles. The largest absolute Gasteiger partial charge is 0.507 e. The van der Waals surface area contributed by atoms with Gasteiger partial charge in [0, 0.05) is 23.3 Å². The van der Waals surface area contributed by atoms with E-state index in [-0.39, 0.29) is 85.3 Å². The lowest BCUT2D eigenvalue weighted by Gasteiger charge is -2.31. The molecule has 280 valence electrons. The summed E-state index contributed by atoms with van der Waals surface area (Å²) in [7, 11) is 2.46. The Morgan fingerprint density at radius 1 is 0.679 bits per heavy atom. The van der Waals surface area contributed by atoms with Crippen LogP contribution in [0.5, 0.6) is 34.5 Å². The Morgan fingerprint density at radius 2 is 1.25 bits per heavy atom. The summed E-state index contributed by atoms with van der Waals surface area (Å²) in [5.74, 6) is -6.67. The van der Waals surface area contributed by atoms with Crippen LogP contribution >= 0.6 is 0 Å². The first-order chi connectivity index (χ1) is 24.8. The molecule has 0 aromatic heterocycles. The summed E-state index contributed by atoms with van der Waals surface area (Å²) in [6.45, 7) is 12.0. The Labute approximate surface area is 304 Å². The fourth-order valence-corrected chi connectivity index (χ4v) is 6.08. The number of ether oxygens (including phenoxy) is 5. The molecule has 0 saturated heterocycles. The van der Waals surface area contributed by atoms with E-state index in [0.717, 1.165) is 12.2 Å². The molecule has 1 aliphatic carbocycles. The summed E-state index contributed by atoms with van der Waals surface area (Å²) in [5, 5.41) is 43.4. The van der Waals surface area contributed by atoms with Crippen molar-refractivity contribution in [2.24, 2.45) is 0 Å². The van der Waals surface area contributed by atoms with Crippen molar-refractivity contribution in [3.8, 4) is 34.5 Å². The number of benzene rings is 3. The number of hydrogen-bond acceptors (Lipinski definition) is 13. The van der Waals surface area contributed by atoms with Gasteiger partial charge < -0.3 is 44.1 Å². The maximum absolute atomic E-state index is 13.7. The van der Waals surface area contributed by atoms with E-state index in [0.29, 0.717) is 11.1 Å². The molecule has 0 unspecified atom stereocenters. The molecule has 14 nitrogen and oxygen atoms in total. The Bertz CT molecular complexity index is 2170. The van der Waals surface area contributed by atoms with Crippen molar-refractivity contribution >= 4 is 29.7 Å². The zero-order chi connectivity index (χ0) is 39.9. The second-order valence-corrected chi connectivity index (χ2v) is 12.5. The molecule has 0 amide bonds. The van der Waals surface area contributed by atoms with Crippen molar-refractivity contribution in [1.82, 2.24) is 0 Å². The van der Waals surface area contributed by atoms with Crippen LogP contribution in [0, 0.1) is 41.5 Å². The number of aliphatic hydroxyl groups is 1. The maximum Gasteiger partial charge on any atom is 0.356 e. The highest BCUT2D eigenvalue weighted by Crippen LogP contribution is 2.42. The molecule has 53 heavy (non-hydrogen) atoms. The van der Waals surface area contributed by atoms with Crippen molar-refractivity contribution in [2.45, 2.75) is 67.4 Å². The number of ketones is 1. The zero-order valence-corrected chi connectivity index (χ0v) is 30.9. The summed E-state index contributed by atoms with van der Waals surface area (Å²) in [5.41, 5.74) is -1.79. The van der Waals surface area contributed by atoms with Gasteiger partial charge in [0.05, 0.1) is 14.2 Å². The number of carboxylic acids is 1. The van der Waals surface area contributed by atoms with Crippen LogP contribution in [-0.2, 0) is 20.7 Å². The molecular formula is C39H40O14. The fraction of sp³-hybridized carbons (Fsp3) is 0.308. The molecule has 0 saturated carbocycles. The van der Waals surface area contributed by atoms with Gasteiger partial charge in [-0.25, -0.2) is 19.2 Å². The number of aryl methyl sites for hydroxylation is 1. The number of phenolic OH excluding ortho intramolecular Hbond substituents is 2. The van der Waals surface area contributed by atoms with Gasteiger partial charge in [0.25, 0.3) is 0 Å². The van der Waals surface area contributed by atoms with E-state index in [1.807, 2.05) is 0 Å². The molecule has 4 N–H and O–H groups in total. The predicted molar refractivity (Wildman–Crippen MR) is 188 cm³/mol. The van der Waals surface area contributed by atoms with E-state index < -0.39 is 46.8 Å². The average Bonchev–Trinajstić information content (AvgIpc) is 3.09. The van der Waals surface area contributed by atoms with E-state index in [1.165, 1.54) is 61.0 Å². The summed E-state index contributed by atoms with van der Waals surface area (Å²) >= 11 is 0. The quantitative estimate of drug-likeness (QED) is 0.153.